The number of halogens is 4. The Kier molecular flexibility index (Phi) is 7.75. The molecule has 0 bridgehead atoms. The molecule has 1 aromatic rings. The zero-order valence-corrected chi connectivity index (χ0v) is 14.6. The Morgan fingerprint density at radius 1 is 1.23 bits per heavy atom. The summed E-state index contributed by atoms with van der Waals surface area (Å²) in [6.45, 7) is -0.531. The maximum atomic E-state index is 13.4. The fourth-order valence-electron chi connectivity index (χ4n) is 2.56. The molecule has 1 unspecified atom stereocenters. The lowest BCUT2D eigenvalue weighted by molar-refractivity contribution is -0.0515. The molecule has 0 radical (unpaired) electrons. The molecule has 142 valence electrons. The van der Waals surface area contributed by atoms with Crippen molar-refractivity contribution in [2.45, 2.75) is 39.2 Å². The minimum absolute atomic E-state index is 0.0463. The van der Waals surface area contributed by atoms with Gasteiger partial charge in [-0.1, -0.05) is 50.1 Å². The van der Waals surface area contributed by atoms with Crippen molar-refractivity contribution in [2.24, 2.45) is 5.92 Å². The topological polar surface area (TPSA) is 18.5 Å². The average Bonchev–Trinajstić information content (AvgIpc) is 2.60. The van der Waals surface area contributed by atoms with Crippen molar-refractivity contribution in [1.82, 2.24) is 0 Å². The summed E-state index contributed by atoms with van der Waals surface area (Å²) in [6, 6.07) is 4.69. The van der Waals surface area contributed by atoms with Gasteiger partial charge in [0.05, 0.1) is 6.61 Å². The highest BCUT2D eigenvalue weighted by Crippen LogP contribution is 2.34. The van der Waals surface area contributed by atoms with E-state index < -0.39 is 18.3 Å². The van der Waals surface area contributed by atoms with E-state index in [0.29, 0.717) is 12.2 Å². The first kappa shape index (κ1) is 20.1. The normalized spacial score (nSPS) is 17.4. The predicted octanol–water partition coefficient (Wildman–Crippen LogP) is 6.60. The molecule has 0 aliphatic heterocycles. The summed E-state index contributed by atoms with van der Waals surface area (Å²) in [4.78, 5) is 0. The van der Waals surface area contributed by atoms with Gasteiger partial charge in [-0.2, -0.15) is 8.78 Å². The van der Waals surface area contributed by atoms with Crippen molar-refractivity contribution in [1.29, 1.82) is 0 Å². The van der Waals surface area contributed by atoms with Crippen molar-refractivity contribution >= 4 is 6.08 Å². The maximum absolute atomic E-state index is 13.4. The molecule has 1 aliphatic carbocycles. The van der Waals surface area contributed by atoms with Crippen LogP contribution in [-0.2, 0) is 0 Å². The van der Waals surface area contributed by atoms with Crippen LogP contribution in [-0.4, -0.2) is 13.2 Å². The molecular weight excluding hydrogens is 348 g/mol. The zero-order valence-electron chi connectivity index (χ0n) is 14.6. The number of unbranched alkanes of at least 4 members (excludes halogenated alkanes) is 2. The van der Waals surface area contributed by atoms with Crippen LogP contribution in [0.3, 0.4) is 0 Å². The Balaban J connectivity index is 2.17. The van der Waals surface area contributed by atoms with E-state index >= 15 is 0 Å². The molecular formula is C20H22F4O2. The monoisotopic (exact) mass is 370 g/mol. The molecule has 26 heavy (non-hydrogen) atoms. The fourth-order valence-corrected chi connectivity index (χ4v) is 2.56. The van der Waals surface area contributed by atoms with Gasteiger partial charge in [0.25, 0.3) is 0 Å². The summed E-state index contributed by atoms with van der Waals surface area (Å²) in [6.07, 6.45) is 8.68. The molecule has 0 saturated heterocycles. The van der Waals surface area contributed by atoms with Gasteiger partial charge in [0.1, 0.15) is 5.83 Å². The van der Waals surface area contributed by atoms with Crippen LogP contribution in [0.2, 0.25) is 0 Å². The molecule has 0 fully saturated rings. The molecule has 1 aromatic carbocycles. The third-order valence-electron chi connectivity index (χ3n) is 3.91. The highest BCUT2D eigenvalue weighted by molar-refractivity contribution is 5.62. The Morgan fingerprint density at radius 2 is 2.04 bits per heavy atom. The average molecular weight is 370 g/mol. The number of hydrogen-bond acceptors (Lipinski definition) is 2. The fraction of sp³-hybridized carbons (Fsp3) is 0.400. The largest absolute Gasteiger partial charge is 0.489 e. The summed E-state index contributed by atoms with van der Waals surface area (Å²) in [7, 11) is 0. The van der Waals surface area contributed by atoms with Gasteiger partial charge in [0, 0.05) is 17.9 Å². The van der Waals surface area contributed by atoms with Crippen molar-refractivity contribution in [2.75, 3.05) is 6.61 Å². The molecule has 0 saturated carbocycles. The van der Waals surface area contributed by atoms with Gasteiger partial charge in [-0.05, 0) is 18.6 Å². The quantitative estimate of drug-likeness (QED) is 0.360. The van der Waals surface area contributed by atoms with E-state index in [9.17, 15) is 17.6 Å². The lowest BCUT2D eigenvalue weighted by Crippen LogP contribution is -2.06. The van der Waals surface area contributed by atoms with Crippen LogP contribution < -0.4 is 9.47 Å². The van der Waals surface area contributed by atoms with E-state index in [1.54, 1.807) is 30.4 Å². The van der Waals surface area contributed by atoms with Gasteiger partial charge < -0.3 is 9.47 Å². The van der Waals surface area contributed by atoms with Gasteiger partial charge >= 0.3 is 6.61 Å². The molecule has 0 N–H and O–H groups in total. The SMILES string of the molecule is CCCCCOc1c(/C=C/C2C=CC(F)=C(F)C2)cccc1OC(F)F. The summed E-state index contributed by atoms with van der Waals surface area (Å²) in [5.74, 6) is -1.80. The van der Waals surface area contributed by atoms with Crippen molar-refractivity contribution in [3.8, 4) is 11.5 Å². The summed E-state index contributed by atoms with van der Waals surface area (Å²) in [5.41, 5.74) is 0.545. The number of ether oxygens (including phenoxy) is 2. The van der Waals surface area contributed by atoms with Gasteiger partial charge in [0.2, 0.25) is 0 Å². The van der Waals surface area contributed by atoms with Crippen LogP contribution in [0.1, 0.15) is 38.2 Å². The van der Waals surface area contributed by atoms with Crippen LogP contribution in [0.5, 0.6) is 11.5 Å². The Morgan fingerprint density at radius 3 is 2.73 bits per heavy atom. The number of rotatable bonds is 9. The minimum atomic E-state index is -2.96. The van der Waals surface area contributed by atoms with Crippen molar-refractivity contribution in [3.63, 3.8) is 0 Å². The standard InChI is InChI=1S/C20H22F4O2/c1-2-3-4-12-25-19-15(6-5-7-18(19)26-20(23)24)10-8-14-9-11-16(21)17(22)13-14/h5-11,14,20H,2-4,12-13H2,1H3/b10-8+. The smallest absolute Gasteiger partial charge is 0.387 e. The van der Waals surface area contributed by atoms with Crippen LogP contribution in [0.15, 0.2) is 48.1 Å². The van der Waals surface area contributed by atoms with Crippen molar-refractivity contribution < 1.29 is 27.0 Å². The van der Waals surface area contributed by atoms with Crippen LogP contribution >= 0.6 is 0 Å². The van der Waals surface area contributed by atoms with Crippen LogP contribution in [0.4, 0.5) is 17.6 Å². The van der Waals surface area contributed by atoms with Gasteiger partial charge in [0.15, 0.2) is 17.3 Å². The minimum Gasteiger partial charge on any atom is -0.489 e. The van der Waals surface area contributed by atoms with Gasteiger partial charge in [-0.15, -0.1) is 0 Å². The van der Waals surface area contributed by atoms with Gasteiger partial charge in [-0.25, -0.2) is 8.78 Å². The third-order valence-corrected chi connectivity index (χ3v) is 3.91. The van der Waals surface area contributed by atoms with Crippen LogP contribution in [0, 0.1) is 5.92 Å². The maximum Gasteiger partial charge on any atom is 0.387 e. The number of hydrogen-bond donors (Lipinski definition) is 0. The highest BCUT2D eigenvalue weighted by Gasteiger charge is 2.16. The summed E-state index contributed by atoms with van der Waals surface area (Å²) < 4.78 is 61.9. The molecule has 0 amide bonds. The Hall–Kier alpha value is -2.24. The third kappa shape index (κ3) is 5.93. The second-order valence-electron chi connectivity index (χ2n) is 5.95. The first-order chi connectivity index (χ1) is 12.5. The highest BCUT2D eigenvalue weighted by atomic mass is 19.3. The first-order valence-corrected chi connectivity index (χ1v) is 8.62. The number of alkyl halides is 2. The lowest BCUT2D eigenvalue weighted by atomic mass is 9.98. The Labute approximate surface area is 150 Å². The van der Waals surface area contributed by atoms with E-state index in [1.807, 2.05) is 0 Å². The van der Waals surface area contributed by atoms with E-state index in [-0.39, 0.29) is 23.8 Å². The molecule has 0 heterocycles. The number of allylic oxidation sites excluding steroid dienone is 5. The number of para-hydroxylation sites is 1. The summed E-state index contributed by atoms with van der Waals surface area (Å²) >= 11 is 0. The van der Waals surface area contributed by atoms with E-state index in [2.05, 4.69) is 11.7 Å². The first-order valence-electron chi connectivity index (χ1n) is 8.62. The number of benzene rings is 1. The lowest BCUT2D eigenvalue weighted by Gasteiger charge is -2.15. The van der Waals surface area contributed by atoms with E-state index in [0.717, 1.165) is 25.3 Å². The van der Waals surface area contributed by atoms with E-state index in [4.69, 9.17) is 4.74 Å². The Bertz CT molecular complexity index is 680. The molecule has 2 nitrogen and oxygen atoms in total. The molecule has 2 rings (SSSR count). The predicted molar refractivity (Wildman–Crippen MR) is 93.6 cm³/mol. The summed E-state index contributed by atoms with van der Waals surface area (Å²) in [5, 5.41) is 0. The molecule has 1 aliphatic rings. The van der Waals surface area contributed by atoms with Crippen molar-refractivity contribution in [3.05, 3.63) is 53.6 Å². The second-order valence-corrected chi connectivity index (χ2v) is 5.95. The molecule has 0 aromatic heterocycles. The van der Waals surface area contributed by atoms with E-state index in [1.165, 1.54) is 6.07 Å². The van der Waals surface area contributed by atoms with Crippen LogP contribution in [0.25, 0.3) is 6.08 Å². The zero-order chi connectivity index (χ0) is 18.9. The van der Waals surface area contributed by atoms with Gasteiger partial charge in [-0.3, -0.25) is 0 Å². The molecule has 0 spiro atoms. The second kappa shape index (κ2) is 10.0. The molecule has 1 atom stereocenters. The molecule has 6 heteroatoms.